The summed E-state index contributed by atoms with van der Waals surface area (Å²) in [5.74, 6) is 0.0488. The number of hydrogen-bond acceptors (Lipinski definition) is 11. The monoisotopic (exact) mass is 724 g/mol. The molecule has 2 unspecified atom stereocenters. The number of aliphatic hydroxyl groups is 1. The SMILES string of the molecule is C=C(N)NC.CCCC=O.CNc1ccc(F)c(Cl)c1.COC/N=C/C(=C(\N)C(F)(F)F)C1(O)CC2CC(C(=N)CC=O)CC2C1.O=CO. The van der Waals surface area contributed by atoms with Gasteiger partial charge in [-0.2, -0.15) is 13.2 Å². The maximum atomic E-state index is 13.1. The van der Waals surface area contributed by atoms with Crippen LogP contribution in [0.1, 0.15) is 51.9 Å². The summed E-state index contributed by atoms with van der Waals surface area (Å²) in [6.07, 6.45) is 1.01. The van der Waals surface area contributed by atoms with E-state index in [4.69, 9.17) is 43.1 Å². The Kier molecular flexibility index (Phi) is 24.1. The number of carbonyl (C=O) groups excluding carboxylic acids is 2. The number of carbonyl (C=O) groups is 3. The number of ether oxygens (including phenoxy) is 1. The van der Waals surface area contributed by atoms with Crippen LogP contribution < -0.4 is 22.1 Å². The summed E-state index contributed by atoms with van der Waals surface area (Å²) >= 11 is 5.48. The van der Waals surface area contributed by atoms with Gasteiger partial charge in [0.15, 0.2) is 0 Å². The second-order valence-corrected chi connectivity index (χ2v) is 11.2. The molecule has 0 spiro atoms. The molecule has 17 heteroatoms. The van der Waals surface area contributed by atoms with Crippen molar-refractivity contribution in [3.63, 3.8) is 0 Å². The molecule has 1 aromatic carbocycles. The van der Waals surface area contributed by atoms with Gasteiger partial charge >= 0.3 is 6.18 Å². The lowest BCUT2D eigenvalue weighted by molar-refractivity contribution is -0.123. The van der Waals surface area contributed by atoms with Crippen molar-refractivity contribution in [3.8, 4) is 0 Å². The molecule has 2 fully saturated rings. The molecule has 3 rings (SSSR count). The fourth-order valence-corrected chi connectivity index (χ4v) is 5.17. The first-order valence-corrected chi connectivity index (χ1v) is 15.4. The molecule has 0 heterocycles. The van der Waals surface area contributed by atoms with Gasteiger partial charge in [0.25, 0.3) is 6.47 Å². The summed E-state index contributed by atoms with van der Waals surface area (Å²) in [6.45, 7) is 4.93. The van der Waals surface area contributed by atoms with E-state index in [-0.39, 0.29) is 61.1 Å². The number of hydrogen-bond donors (Lipinski definition) is 7. The number of aldehydes is 2. The van der Waals surface area contributed by atoms with Gasteiger partial charge in [0.1, 0.15) is 30.8 Å². The van der Waals surface area contributed by atoms with Crippen molar-refractivity contribution < 1.29 is 46.9 Å². The predicted octanol–water partition coefficient (Wildman–Crippen LogP) is 5.05. The molecular weight excluding hydrogens is 676 g/mol. The first-order valence-electron chi connectivity index (χ1n) is 15.0. The van der Waals surface area contributed by atoms with E-state index in [2.05, 4.69) is 22.2 Å². The summed E-state index contributed by atoms with van der Waals surface area (Å²) in [4.78, 5) is 32.1. The van der Waals surface area contributed by atoms with Crippen LogP contribution in [0.3, 0.4) is 0 Å². The average Bonchev–Trinajstić information content (AvgIpc) is 3.57. The van der Waals surface area contributed by atoms with Gasteiger partial charge in [-0.25, -0.2) is 4.39 Å². The number of aliphatic imine (C=N–C) groups is 1. The zero-order chi connectivity index (χ0) is 38.2. The van der Waals surface area contributed by atoms with Crippen molar-refractivity contribution >= 4 is 48.3 Å². The number of nitrogens with one attached hydrogen (secondary N) is 3. The number of halogens is 5. The van der Waals surface area contributed by atoms with Crippen LogP contribution in [0.4, 0.5) is 23.2 Å². The summed E-state index contributed by atoms with van der Waals surface area (Å²) in [5.41, 5.74) is 7.98. The molecule has 0 saturated heterocycles. The Labute approximate surface area is 289 Å². The number of fused-ring (bicyclic) bond motifs is 1. The normalized spacial score (nSPS) is 20.9. The largest absolute Gasteiger partial charge is 0.483 e. The number of unbranched alkanes of at least 4 members (excludes halogenated alkanes) is 1. The Hall–Kier alpha value is -4.02. The third kappa shape index (κ3) is 18.4. The quantitative estimate of drug-likeness (QED) is 0.0916. The van der Waals surface area contributed by atoms with Gasteiger partial charge in [-0.05, 0) is 68.1 Å². The van der Waals surface area contributed by atoms with E-state index >= 15 is 0 Å². The van der Waals surface area contributed by atoms with Gasteiger partial charge in [0.05, 0.1) is 16.4 Å². The van der Waals surface area contributed by atoms with Crippen LogP contribution in [0.5, 0.6) is 0 Å². The Morgan fingerprint density at radius 3 is 2.06 bits per heavy atom. The summed E-state index contributed by atoms with van der Waals surface area (Å²) in [5, 5.41) is 31.3. The van der Waals surface area contributed by atoms with E-state index in [9.17, 15) is 32.3 Å². The maximum absolute atomic E-state index is 13.1. The number of methoxy groups -OCH3 is 1. The lowest BCUT2D eigenvalue weighted by atomic mass is 9.85. The fourth-order valence-electron chi connectivity index (χ4n) is 4.99. The van der Waals surface area contributed by atoms with E-state index in [1.54, 1.807) is 20.2 Å². The molecule has 0 bridgehead atoms. The first kappa shape index (κ1) is 47.1. The molecule has 0 aromatic heterocycles. The highest BCUT2D eigenvalue weighted by Crippen LogP contribution is 2.53. The first-order chi connectivity index (χ1) is 23.0. The van der Waals surface area contributed by atoms with Crippen LogP contribution in [0.25, 0.3) is 0 Å². The highest BCUT2D eigenvalue weighted by molar-refractivity contribution is 6.31. The van der Waals surface area contributed by atoms with Crippen molar-refractivity contribution in [2.24, 2.45) is 34.2 Å². The predicted molar refractivity (Wildman–Crippen MR) is 183 cm³/mol. The molecule has 12 nitrogen and oxygen atoms in total. The van der Waals surface area contributed by atoms with Crippen LogP contribution in [0, 0.1) is 29.0 Å². The van der Waals surface area contributed by atoms with E-state index < -0.39 is 23.0 Å². The molecule has 278 valence electrons. The molecule has 0 aliphatic heterocycles. The fraction of sp³-hybridized carbons (Fsp3) is 0.531. The molecule has 0 radical (unpaired) electrons. The van der Waals surface area contributed by atoms with Gasteiger partial charge in [0, 0.05) is 57.2 Å². The molecular formula is C32H49ClF4N6O6. The van der Waals surface area contributed by atoms with Crippen molar-refractivity contribution in [2.45, 2.75) is 63.6 Å². The van der Waals surface area contributed by atoms with Crippen LogP contribution in [-0.2, 0) is 19.1 Å². The minimum Gasteiger partial charge on any atom is -0.483 e. The third-order valence-corrected chi connectivity index (χ3v) is 7.58. The van der Waals surface area contributed by atoms with Crippen molar-refractivity contribution in [3.05, 3.63) is 52.7 Å². The Balaban J connectivity index is 0. The molecule has 9 N–H and O–H groups in total. The maximum Gasteiger partial charge on any atom is 0.431 e. The lowest BCUT2D eigenvalue weighted by Gasteiger charge is -2.28. The van der Waals surface area contributed by atoms with E-state index in [0.29, 0.717) is 37.1 Å². The highest BCUT2D eigenvalue weighted by Gasteiger charge is 2.52. The van der Waals surface area contributed by atoms with Gasteiger partial charge in [-0.1, -0.05) is 25.1 Å². The van der Waals surface area contributed by atoms with Gasteiger partial charge < -0.3 is 52.0 Å². The van der Waals surface area contributed by atoms with E-state index in [0.717, 1.165) is 24.6 Å². The summed E-state index contributed by atoms with van der Waals surface area (Å²) in [7, 11) is 4.84. The average molecular weight is 725 g/mol. The van der Waals surface area contributed by atoms with Crippen LogP contribution >= 0.6 is 11.6 Å². The molecule has 2 atom stereocenters. The second kappa shape index (κ2) is 25.0. The molecule has 49 heavy (non-hydrogen) atoms. The minimum absolute atomic E-state index is 0.0103. The van der Waals surface area contributed by atoms with Crippen molar-refractivity contribution in [2.75, 3.05) is 33.3 Å². The van der Waals surface area contributed by atoms with Gasteiger partial charge in [0.2, 0.25) is 0 Å². The minimum atomic E-state index is -4.77. The van der Waals surface area contributed by atoms with E-state index in [1.807, 2.05) is 6.92 Å². The Morgan fingerprint density at radius 2 is 1.71 bits per heavy atom. The second-order valence-electron chi connectivity index (χ2n) is 10.8. The van der Waals surface area contributed by atoms with Crippen LogP contribution in [0.15, 0.2) is 46.9 Å². The van der Waals surface area contributed by atoms with Crippen molar-refractivity contribution in [1.82, 2.24) is 5.32 Å². The number of allylic oxidation sites excluding steroid dienone is 1. The van der Waals surface area contributed by atoms with Crippen molar-refractivity contribution in [1.29, 1.82) is 5.41 Å². The van der Waals surface area contributed by atoms with Gasteiger partial charge in [-0.15, -0.1) is 0 Å². The zero-order valence-corrected chi connectivity index (χ0v) is 28.9. The molecule has 1 aromatic rings. The molecule has 2 aliphatic rings. The number of benzene rings is 1. The lowest BCUT2D eigenvalue weighted by Crippen LogP contribution is -2.36. The summed E-state index contributed by atoms with van der Waals surface area (Å²) in [6, 6.07) is 4.49. The number of alkyl halides is 3. The Morgan fingerprint density at radius 1 is 1.18 bits per heavy atom. The molecule has 2 aliphatic carbocycles. The number of anilines is 1. The van der Waals surface area contributed by atoms with Crippen LogP contribution in [-0.4, -0.2) is 80.9 Å². The summed E-state index contributed by atoms with van der Waals surface area (Å²) < 4.78 is 56.6. The highest BCUT2D eigenvalue weighted by atomic mass is 35.5. The topological polar surface area (TPSA) is 213 Å². The standard InChI is InChI=1S/C17H24F3N3O3.C7H7ClFN.C4H8O.C3H8N2.CH2O2/c1-26-9-23-8-13(15(22)17(18,19)20)16(25)6-11-4-10(5-12(11)7-16)14(21)2-3-24;1-10-5-2-3-7(9)6(8)4-5;1-2-3-4-5;1-3(4)5-2;2-1-3/h3,8,10-12,21,25H,2,4-7,9,22H2,1H3;2-4,10H,1H3;4H,2-3H2,1H3;5H,1,4H2,2H3;1H,(H,2,3)/b15-13+,21-14?,23-8+;;;;. The third-order valence-electron chi connectivity index (χ3n) is 7.29. The smallest absolute Gasteiger partial charge is 0.431 e. The Bertz CT molecular complexity index is 1230. The molecule has 0 amide bonds. The number of nitrogens with two attached hydrogens (primary N) is 2. The number of nitrogens with zero attached hydrogens (tertiary/aromatic N) is 1. The van der Waals surface area contributed by atoms with E-state index in [1.165, 1.54) is 19.2 Å². The van der Waals surface area contributed by atoms with Gasteiger partial charge in [-0.3, -0.25) is 9.79 Å². The zero-order valence-electron chi connectivity index (χ0n) is 28.2. The number of carboxylic acid groups (broad SMARTS) is 1. The number of rotatable bonds is 11. The van der Waals surface area contributed by atoms with Crippen LogP contribution in [0.2, 0.25) is 5.02 Å². The molecule has 2 saturated carbocycles.